The predicted octanol–water partition coefficient (Wildman–Crippen LogP) is 3.87. The molecule has 0 saturated heterocycles. The smallest absolute Gasteiger partial charge is 0.316 e. The normalized spacial score (nSPS) is 11.7. The average Bonchev–Trinajstić information content (AvgIpc) is 2.35. The van der Waals surface area contributed by atoms with E-state index in [-0.39, 0.29) is 5.97 Å². The lowest BCUT2D eigenvalue weighted by molar-refractivity contribution is -0.151. The molecule has 0 fully saturated rings. The first kappa shape index (κ1) is 18.1. The average molecular weight is 309 g/mol. The molecule has 0 spiro atoms. The summed E-state index contributed by atoms with van der Waals surface area (Å²) in [4.78, 5) is 12.7. The number of esters is 1. The highest BCUT2D eigenvalue weighted by Crippen LogP contribution is 2.19. The summed E-state index contributed by atoms with van der Waals surface area (Å²) in [5.74, 6) is 0.839. The molecular weight excluding hydrogens is 282 g/mol. The molecule has 0 atom stereocenters. The highest BCUT2D eigenvalue weighted by Gasteiger charge is 2.16. The first-order valence-electron chi connectivity index (χ1n) is 7.40. The van der Waals surface area contributed by atoms with Gasteiger partial charge in [0.25, 0.3) is 0 Å². The Morgan fingerprint density at radius 3 is 2.38 bits per heavy atom. The molecule has 0 aliphatic heterocycles. The summed E-state index contributed by atoms with van der Waals surface area (Å²) in [7, 11) is 0. The van der Waals surface area contributed by atoms with Crippen molar-refractivity contribution in [3.8, 4) is 0 Å². The van der Waals surface area contributed by atoms with E-state index in [1.165, 1.54) is 17.3 Å². The van der Waals surface area contributed by atoms with Gasteiger partial charge in [0.05, 0.1) is 5.75 Å². The Labute approximate surface area is 132 Å². The highest BCUT2D eigenvalue weighted by molar-refractivity contribution is 8.00. The van der Waals surface area contributed by atoms with Crippen molar-refractivity contribution in [3.05, 3.63) is 29.8 Å². The third-order valence-electron chi connectivity index (χ3n) is 2.58. The molecule has 0 amide bonds. The molecule has 0 heterocycles. The lowest BCUT2D eigenvalue weighted by atomic mass is 10.2. The number of ether oxygens (including phenoxy) is 1. The van der Waals surface area contributed by atoms with E-state index in [4.69, 9.17) is 4.74 Å². The first-order chi connectivity index (χ1) is 9.76. The second-order valence-corrected chi connectivity index (χ2v) is 7.59. The van der Waals surface area contributed by atoms with Crippen LogP contribution < -0.4 is 5.32 Å². The van der Waals surface area contributed by atoms with Gasteiger partial charge < -0.3 is 10.1 Å². The Balaban J connectivity index is 2.35. The number of hydrogen-bond donors (Lipinski definition) is 1. The van der Waals surface area contributed by atoms with Gasteiger partial charge in [-0.15, -0.1) is 11.8 Å². The van der Waals surface area contributed by atoms with Crippen LogP contribution in [0.2, 0.25) is 0 Å². The molecule has 0 bridgehead atoms. The second kappa shape index (κ2) is 8.44. The van der Waals surface area contributed by atoms with E-state index >= 15 is 0 Å². The van der Waals surface area contributed by atoms with Crippen LogP contribution in [0.3, 0.4) is 0 Å². The Bertz CT molecular complexity index is 435. The number of benzene rings is 1. The minimum atomic E-state index is -0.413. The van der Waals surface area contributed by atoms with Crippen molar-refractivity contribution in [2.24, 2.45) is 5.92 Å². The number of rotatable bonds is 7. The Kier molecular flexibility index (Phi) is 7.26. The fourth-order valence-corrected chi connectivity index (χ4v) is 2.39. The van der Waals surface area contributed by atoms with Crippen LogP contribution in [0, 0.1) is 5.92 Å². The van der Waals surface area contributed by atoms with Crippen LogP contribution in [0.15, 0.2) is 29.2 Å². The van der Waals surface area contributed by atoms with Crippen LogP contribution in [0.1, 0.15) is 40.2 Å². The van der Waals surface area contributed by atoms with Gasteiger partial charge in [-0.3, -0.25) is 4.79 Å². The predicted molar refractivity (Wildman–Crippen MR) is 89.6 cm³/mol. The van der Waals surface area contributed by atoms with Crippen LogP contribution in [-0.2, 0) is 16.1 Å². The van der Waals surface area contributed by atoms with E-state index in [0.29, 0.717) is 11.7 Å². The molecule has 1 aromatic rings. The van der Waals surface area contributed by atoms with E-state index in [1.54, 1.807) is 0 Å². The molecule has 0 aliphatic rings. The molecule has 21 heavy (non-hydrogen) atoms. The zero-order valence-electron chi connectivity index (χ0n) is 13.7. The summed E-state index contributed by atoms with van der Waals surface area (Å²) in [6.07, 6.45) is 0. The molecule has 1 rings (SSSR count). The molecule has 0 radical (unpaired) electrons. The molecule has 0 saturated carbocycles. The van der Waals surface area contributed by atoms with Gasteiger partial charge in [0.2, 0.25) is 0 Å². The summed E-state index contributed by atoms with van der Waals surface area (Å²) in [6, 6.07) is 8.32. The Morgan fingerprint density at radius 2 is 1.86 bits per heavy atom. The highest BCUT2D eigenvalue weighted by atomic mass is 32.2. The summed E-state index contributed by atoms with van der Waals surface area (Å²) in [5, 5.41) is 3.42. The molecule has 0 aliphatic carbocycles. The van der Waals surface area contributed by atoms with Crippen LogP contribution >= 0.6 is 11.8 Å². The van der Waals surface area contributed by atoms with Crippen molar-refractivity contribution in [2.75, 3.05) is 12.3 Å². The third-order valence-corrected chi connectivity index (χ3v) is 3.57. The largest absolute Gasteiger partial charge is 0.459 e. The van der Waals surface area contributed by atoms with Gasteiger partial charge in [0, 0.05) is 11.4 Å². The van der Waals surface area contributed by atoms with Gasteiger partial charge in [0.1, 0.15) is 5.60 Å². The van der Waals surface area contributed by atoms with Crippen LogP contribution in [-0.4, -0.2) is 23.9 Å². The summed E-state index contributed by atoms with van der Waals surface area (Å²) < 4.78 is 5.29. The number of thioether (sulfide) groups is 1. The van der Waals surface area contributed by atoms with E-state index in [9.17, 15) is 4.79 Å². The maximum atomic E-state index is 11.7. The summed E-state index contributed by atoms with van der Waals surface area (Å²) >= 11 is 1.51. The van der Waals surface area contributed by atoms with E-state index in [2.05, 4.69) is 43.4 Å². The van der Waals surface area contributed by atoms with Gasteiger partial charge in [-0.05, 0) is 50.9 Å². The van der Waals surface area contributed by atoms with Crippen molar-refractivity contribution in [1.29, 1.82) is 0 Å². The minimum Gasteiger partial charge on any atom is -0.459 e. The first-order valence-corrected chi connectivity index (χ1v) is 8.39. The molecule has 118 valence electrons. The maximum absolute atomic E-state index is 11.7. The molecule has 1 aromatic carbocycles. The number of carbonyl (C=O) groups excluding carboxylic acids is 1. The molecule has 0 aromatic heterocycles. The van der Waals surface area contributed by atoms with Crippen molar-refractivity contribution in [1.82, 2.24) is 5.32 Å². The van der Waals surface area contributed by atoms with E-state index in [0.717, 1.165) is 18.0 Å². The van der Waals surface area contributed by atoms with E-state index in [1.807, 2.05) is 20.8 Å². The lowest BCUT2D eigenvalue weighted by Gasteiger charge is -2.19. The van der Waals surface area contributed by atoms with Crippen molar-refractivity contribution in [2.45, 2.75) is 51.7 Å². The monoisotopic (exact) mass is 309 g/mol. The standard InChI is InChI=1S/C17H27NO2S/c1-13(2)10-18-11-14-6-8-15(9-7-14)21-12-16(19)20-17(3,4)5/h6-9,13,18H,10-12H2,1-5H3. The van der Waals surface area contributed by atoms with Gasteiger partial charge in [0.15, 0.2) is 0 Å². The maximum Gasteiger partial charge on any atom is 0.316 e. The van der Waals surface area contributed by atoms with Crippen molar-refractivity contribution >= 4 is 17.7 Å². The third kappa shape index (κ3) is 8.79. The molecule has 4 heteroatoms. The topological polar surface area (TPSA) is 38.3 Å². The minimum absolute atomic E-state index is 0.171. The molecule has 0 unspecified atom stereocenters. The van der Waals surface area contributed by atoms with Crippen LogP contribution in [0.5, 0.6) is 0 Å². The number of hydrogen-bond acceptors (Lipinski definition) is 4. The quantitative estimate of drug-likeness (QED) is 0.613. The van der Waals surface area contributed by atoms with Gasteiger partial charge >= 0.3 is 5.97 Å². The summed E-state index contributed by atoms with van der Waals surface area (Å²) in [5.41, 5.74) is 0.848. The Hall–Kier alpha value is -1.00. The lowest BCUT2D eigenvalue weighted by Crippen LogP contribution is -2.24. The fraction of sp³-hybridized carbons (Fsp3) is 0.588. The van der Waals surface area contributed by atoms with Crippen LogP contribution in [0.25, 0.3) is 0 Å². The van der Waals surface area contributed by atoms with Crippen molar-refractivity contribution in [3.63, 3.8) is 0 Å². The van der Waals surface area contributed by atoms with Gasteiger partial charge in [-0.25, -0.2) is 0 Å². The fourth-order valence-electron chi connectivity index (χ4n) is 1.72. The van der Waals surface area contributed by atoms with Gasteiger partial charge in [-0.1, -0.05) is 26.0 Å². The SMILES string of the molecule is CC(C)CNCc1ccc(SCC(=O)OC(C)(C)C)cc1. The van der Waals surface area contributed by atoms with E-state index < -0.39 is 5.60 Å². The second-order valence-electron chi connectivity index (χ2n) is 6.54. The summed E-state index contributed by atoms with van der Waals surface area (Å²) in [6.45, 7) is 12.0. The molecular formula is C17H27NO2S. The zero-order valence-corrected chi connectivity index (χ0v) is 14.5. The van der Waals surface area contributed by atoms with Crippen molar-refractivity contribution < 1.29 is 9.53 Å². The molecule has 1 N–H and O–H groups in total. The molecule has 3 nitrogen and oxygen atoms in total. The van der Waals surface area contributed by atoms with Crippen LogP contribution in [0.4, 0.5) is 0 Å². The Morgan fingerprint density at radius 1 is 1.24 bits per heavy atom. The van der Waals surface area contributed by atoms with Gasteiger partial charge in [-0.2, -0.15) is 0 Å². The number of nitrogens with one attached hydrogen (secondary N) is 1. The zero-order chi connectivity index (χ0) is 15.9. The number of carbonyl (C=O) groups is 1.